The summed E-state index contributed by atoms with van der Waals surface area (Å²) < 4.78 is 31.2. The van der Waals surface area contributed by atoms with Crippen LogP contribution in [-0.4, -0.2) is 39.1 Å². The zero-order chi connectivity index (χ0) is 19.6. The Morgan fingerprint density at radius 1 is 1.22 bits per heavy atom. The van der Waals surface area contributed by atoms with Crippen LogP contribution in [0.1, 0.15) is 16.7 Å². The molecule has 0 aromatic heterocycles. The summed E-state index contributed by atoms with van der Waals surface area (Å²) in [6.07, 6.45) is 0.571. The predicted octanol–water partition coefficient (Wildman–Crippen LogP) is 0.879. The summed E-state index contributed by atoms with van der Waals surface area (Å²) in [5, 5.41) is 10.3. The number of benzene rings is 2. The van der Waals surface area contributed by atoms with E-state index >= 15 is 0 Å². The maximum absolute atomic E-state index is 11.9. The van der Waals surface area contributed by atoms with Crippen molar-refractivity contribution in [3.8, 4) is 5.75 Å². The molecule has 0 unspecified atom stereocenters. The van der Waals surface area contributed by atoms with Gasteiger partial charge in [-0.25, -0.2) is 9.03 Å². The number of ether oxygens (including phenoxy) is 1. The second-order valence-corrected chi connectivity index (χ2v) is 7.65. The molecule has 3 rings (SSSR count). The van der Waals surface area contributed by atoms with Crippen LogP contribution >= 0.6 is 0 Å². The molecule has 1 fully saturated rings. The first-order chi connectivity index (χ1) is 12.8. The molecule has 2 aromatic carbocycles. The number of methoxy groups -OCH3 is 1. The van der Waals surface area contributed by atoms with Crippen molar-refractivity contribution < 1.29 is 27.9 Å². The number of aromatic hydroxyl groups is 1. The van der Waals surface area contributed by atoms with Gasteiger partial charge in [-0.05, 0) is 35.2 Å². The van der Waals surface area contributed by atoms with E-state index in [0.717, 1.165) is 21.0 Å². The van der Waals surface area contributed by atoms with Crippen LogP contribution < -0.4 is 9.03 Å². The SMILES string of the molecule is COC(=O)Cc1ccccc1Cc1ccc(N2CC(=O)NS2(=O)=O)c(O)c1. The summed E-state index contributed by atoms with van der Waals surface area (Å²) in [5.41, 5.74) is 2.45. The summed E-state index contributed by atoms with van der Waals surface area (Å²) in [6, 6.07) is 11.9. The van der Waals surface area contributed by atoms with Crippen LogP contribution in [0, 0.1) is 0 Å². The van der Waals surface area contributed by atoms with Crippen molar-refractivity contribution >= 4 is 27.8 Å². The number of phenolic OH excluding ortho intramolecular Hbond substituents is 1. The highest BCUT2D eigenvalue weighted by atomic mass is 32.2. The maximum Gasteiger partial charge on any atom is 0.326 e. The fraction of sp³-hybridized carbons (Fsp3) is 0.222. The predicted molar refractivity (Wildman–Crippen MR) is 97.5 cm³/mol. The molecule has 0 spiro atoms. The number of carbonyl (C=O) groups is 2. The summed E-state index contributed by atoms with van der Waals surface area (Å²) in [6.45, 7) is -0.378. The molecule has 8 nitrogen and oxygen atoms in total. The highest BCUT2D eigenvalue weighted by molar-refractivity contribution is 7.92. The molecule has 27 heavy (non-hydrogen) atoms. The number of phenols is 1. The standard InChI is InChI=1S/C18H18N2O6S/c1-26-18(23)10-14-5-3-2-4-13(14)8-12-6-7-15(16(21)9-12)20-11-17(22)19-27(20,24)25/h2-7,9,21H,8,10-11H2,1H3,(H,19,22). The summed E-state index contributed by atoms with van der Waals surface area (Å²) >= 11 is 0. The molecule has 0 saturated carbocycles. The number of rotatable bonds is 5. The van der Waals surface area contributed by atoms with E-state index in [1.54, 1.807) is 6.07 Å². The zero-order valence-corrected chi connectivity index (χ0v) is 15.3. The van der Waals surface area contributed by atoms with Crippen LogP contribution in [0.3, 0.4) is 0 Å². The molecule has 142 valence electrons. The lowest BCUT2D eigenvalue weighted by molar-refractivity contribution is -0.139. The molecule has 9 heteroatoms. The average Bonchev–Trinajstić information content (AvgIpc) is 2.89. The quantitative estimate of drug-likeness (QED) is 0.733. The third kappa shape index (κ3) is 4.03. The molecule has 1 heterocycles. The first-order valence-corrected chi connectivity index (χ1v) is 9.53. The Morgan fingerprint density at radius 2 is 1.93 bits per heavy atom. The maximum atomic E-state index is 11.9. The van der Waals surface area contributed by atoms with Crippen molar-refractivity contribution in [3.05, 3.63) is 59.2 Å². The number of esters is 1. The van der Waals surface area contributed by atoms with Gasteiger partial charge in [-0.15, -0.1) is 0 Å². The first-order valence-electron chi connectivity index (χ1n) is 8.09. The number of hydrogen-bond acceptors (Lipinski definition) is 6. The van der Waals surface area contributed by atoms with Crippen LogP contribution in [-0.2, 0) is 37.4 Å². The van der Waals surface area contributed by atoms with E-state index in [1.165, 1.54) is 19.2 Å². The van der Waals surface area contributed by atoms with Gasteiger partial charge >= 0.3 is 16.2 Å². The van der Waals surface area contributed by atoms with E-state index in [1.807, 2.05) is 29.0 Å². The van der Waals surface area contributed by atoms with Gasteiger partial charge in [0.25, 0.3) is 5.91 Å². The van der Waals surface area contributed by atoms with Gasteiger partial charge in [-0.3, -0.25) is 9.59 Å². The number of anilines is 1. The molecule has 0 radical (unpaired) electrons. The molecule has 0 atom stereocenters. The van der Waals surface area contributed by atoms with Gasteiger partial charge in [0.15, 0.2) is 0 Å². The smallest absolute Gasteiger partial charge is 0.326 e. The molecule has 2 aromatic rings. The monoisotopic (exact) mass is 390 g/mol. The molecular formula is C18H18N2O6S. The third-order valence-corrected chi connectivity index (χ3v) is 5.60. The van der Waals surface area contributed by atoms with Gasteiger partial charge in [0.2, 0.25) is 0 Å². The summed E-state index contributed by atoms with van der Waals surface area (Å²) in [5.74, 6) is -1.26. The van der Waals surface area contributed by atoms with Gasteiger partial charge in [-0.2, -0.15) is 8.42 Å². The van der Waals surface area contributed by atoms with Crippen molar-refractivity contribution in [2.75, 3.05) is 18.0 Å². The Balaban J connectivity index is 1.86. The van der Waals surface area contributed by atoms with Crippen molar-refractivity contribution in [2.24, 2.45) is 0 Å². The van der Waals surface area contributed by atoms with E-state index in [-0.39, 0.29) is 30.4 Å². The lowest BCUT2D eigenvalue weighted by Crippen LogP contribution is -2.29. The van der Waals surface area contributed by atoms with Crippen molar-refractivity contribution in [1.82, 2.24) is 4.72 Å². The van der Waals surface area contributed by atoms with Crippen molar-refractivity contribution in [2.45, 2.75) is 12.8 Å². The fourth-order valence-corrected chi connectivity index (χ4v) is 4.06. The lowest BCUT2D eigenvalue weighted by Gasteiger charge is -2.17. The Labute approximate surface area is 156 Å². The normalized spacial score (nSPS) is 15.4. The zero-order valence-electron chi connectivity index (χ0n) is 14.5. The van der Waals surface area contributed by atoms with Crippen LogP contribution in [0.5, 0.6) is 5.75 Å². The van der Waals surface area contributed by atoms with Gasteiger partial charge in [0.1, 0.15) is 12.3 Å². The highest BCUT2D eigenvalue weighted by Gasteiger charge is 2.35. The fourth-order valence-electron chi connectivity index (χ4n) is 2.90. The molecule has 1 aliphatic heterocycles. The summed E-state index contributed by atoms with van der Waals surface area (Å²) in [4.78, 5) is 22.9. The molecule has 1 amide bonds. The van der Waals surface area contributed by atoms with E-state index in [2.05, 4.69) is 0 Å². The average molecular weight is 390 g/mol. The Hall–Kier alpha value is -3.07. The topological polar surface area (TPSA) is 113 Å². The van der Waals surface area contributed by atoms with E-state index in [4.69, 9.17) is 4.74 Å². The van der Waals surface area contributed by atoms with E-state index < -0.39 is 16.1 Å². The second-order valence-electron chi connectivity index (χ2n) is 6.06. The summed E-state index contributed by atoms with van der Waals surface area (Å²) in [7, 11) is -2.66. The molecule has 0 bridgehead atoms. The first kappa shape index (κ1) is 18.7. The van der Waals surface area contributed by atoms with Crippen LogP contribution in [0.25, 0.3) is 0 Å². The minimum absolute atomic E-state index is 0.0277. The molecule has 0 aliphatic carbocycles. The second kappa shape index (κ2) is 7.28. The van der Waals surface area contributed by atoms with Gasteiger partial charge in [-0.1, -0.05) is 30.3 Å². The van der Waals surface area contributed by atoms with Gasteiger partial charge in [0, 0.05) is 0 Å². The highest BCUT2D eigenvalue weighted by Crippen LogP contribution is 2.32. The Bertz CT molecular complexity index is 1000. The minimum Gasteiger partial charge on any atom is -0.506 e. The van der Waals surface area contributed by atoms with Crippen molar-refractivity contribution in [3.63, 3.8) is 0 Å². The number of amides is 1. The van der Waals surface area contributed by atoms with Crippen LogP contribution in [0.2, 0.25) is 0 Å². The minimum atomic E-state index is -3.98. The van der Waals surface area contributed by atoms with E-state index in [9.17, 15) is 23.1 Å². The third-order valence-electron chi connectivity index (χ3n) is 4.20. The molecule has 2 N–H and O–H groups in total. The molecular weight excluding hydrogens is 372 g/mol. The lowest BCUT2D eigenvalue weighted by atomic mass is 9.97. The van der Waals surface area contributed by atoms with Gasteiger partial charge < -0.3 is 9.84 Å². The van der Waals surface area contributed by atoms with Crippen LogP contribution in [0.15, 0.2) is 42.5 Å². The molecule has 1 saturated heterocycles. The molecule has 1 aliphatic rings. The largest absolute Gasteiger partial charge is 0.506 e. The number of nitrogens with one attached hydrogen (secondary N) is 1. The van der Waals surface area contributed by atoms with E-state index in [0.29, 0.717) is 6.42 Å². The number of carbonyl (C=O) groups excluding carboxylic acids is 2. The van der Waals surface area contributed by atoms with Gasteiger partial charge in [0.05, 0.1) is 19.2 Å². The van der Waals surface area contributed by atoms with Crippen LogP contribution in [0.4, 0.5) is 5.69 Å². The van der Waals surface area contributed by atoms with Crippen molar-refractivity contribution in [1.29, 1.82) is 0 Å². The Morgan fingerprint density at radius 3 is 2.52 bits per heavy atom. The number of hydrogen-bond donors (Lipinski definition) is 2. The number of nitrogens with zero attached hydrogens (tertiary/aromatic N) is 1. The Kier molecular flexibility index (Phi) is 5.04.